The molecule has 0 aliphatic carbocycles. The van der Waals surface area contributed by atoms with Crippen LogP contribution in [0.3, 0.4) is 0 Å². The third-order valence-electron chi connectivity index (χ3n) is 3.30. The van der Waals surface area contributed by atoms with Crippen LogP contribution >= 0.6 is 27.5 Å². The average Bonchev–Trinajstić information content (AvgIpc) is 2.52. The highest BCUT2D eigenvalue weighted by molar-refractivity contribution is 9.10. The number of nitrogens with zero attached hydrogens (tertiary/aromatic N) is 2. The van der Waals surface area contributed by atoms with Gasteiger partial charge in [0, 0.05) is 27.8 Å². The zero-order valence-electron chi connectivity index (χ0n) is 12.2. The van der Waals surface area contributed by atoms with E-state index in [2.05, 4.69) is 25.9 Å². The second-order valence-electron chi connectivity index (χ2n) is 5.10. The van der Waals surface area contributed by atoms with Crippen LogP contribution in [0.4, 0.5) is 0 Å². The van der Waals surface area contributed by atoms with Gasteiger partial charge in [0.15, 0.2) is 0 Å². The summed E-state index contributed by atoms with van der Waals surface area (Å²) < 4.78 is 6.01. The van der Waals surface area contributed by atoms with E-state index in [4.69, 9.17) is 16.3 Å². The van der Waals surface area contributed by atoms with Crippen LogP contribution in [-0.2, 0) is 11.3 Å². The number of rotatable bonds is 3. The molecule has 3 rings (SSSR count). The van der Waals surface area contributed by atoms with E-state index in [0.717, 1.165) is 16.5 Å². The van der Waals surface area contributed by atoms with Gasteiger partial charge < -0.3 is 4.74 Å². The van der Waals surface area contributed by atoms with Gasteiger partial charge in [-0.15, -0.1) is 0 Å². The van der Waals surface area contributed by atoms with Crippen LogP contribution in [0, 0.1) is 6.92 Å². The molecular formula is C17H12BrClN2O2. The Balaban J connectivity index is 1.80. The largest absolute Gasteiger partial charge is 0.457 e. The van der Waals surface area contributed by atoms with Gasteiger partial charge >= 0.3 is 5.97 Å². The van der Waals surface area contributed by atoms with E-state index in [1.54, 1.807) is 12.3 Å². The minimum absolute atomic E-state index is 0.0565. The first-order valence-electron chi connectivity index (χ1n) is 6.86. The van der Waals surface area contributed by atoms with Crippen molar-refractivity contribution in [2.45, 2.75) is 13.5 Å². The highest BCUT2D eigenvalue weighted by atomic mass is 79.9. The summed E-state index contributed by atoms with van der Waals surface area (Å²) in [4.78, 5) is 20.3. The summed E-state index contributed by atoms with van der Waals surface area (Å²) in [5.74, 6) is -0.459. The molecule has 116 valence electrons. The Morgan fingerprint density at radius 1 is 1.26 bits per heavy atom. The van der Waals surface area contributed by atoms with E-state index in [0.29, 0.717) is 20.8 Å². The lowest BCUT2D eigenvalue weighted by atomic mass is 10.1. The summed E-state index contributed by atoms with van der Waals surface area (Å²) >= 11 is 9.46. The molecule has 1 aromatic carbocycles. The van der Waals surface area contributed by atoms with E-state index in [9.17, 15) is 4.79 Å². The maximum Gasteiger partial charge on any atom is 0.340 e. The fraction of sp³-hybridized carbons (Fsp3) is 0.118. The molecule has 0 atom stereocenters. The number of ether oxygens (including phenoxy) is 1. The van der Waals surface area contributed by atoms with Crippen LogP contribution in [0.15, 0.2) is 47.2 Å². The van der Waals surface area contributed by atoms with Crippen molar-refractivity contribution in [3.8, 4) is 0 Å². The van der Waals surface area contributed by atoms with Gasteiger partial charge in [0.2, 0.25) is 0 Å². The molecule has 0 bridgehead atoms. The number of halogens is 2. The fourth-order valence-corrected chi connectivity index (χ4v) is 2.71. The lowest BCUT2D eigenvalue weighted by molar-refractivity contribution is 0.0472. The molecule has 0 unspecified atom stereocenters. The van der Waals surface area contributed by atoms with Gasteiger partial charge in [-0.05, 0) is 46.6 Å². The number of aryl methyl sites for hydroxylation is 1. The molecule has 0 aliphatic heterocycles. The minimum Gasteiger partial charge on any atom is -0.457 e. The Bertz CT molecular complexity index is 899. The van der Waals surface area contributed by atoms with Gasteiger partial charge in [-0.1, -0.05) is 23.7 Å². The summed E-state index contributed by atoms with van der Waals surface area (Å²) in [5.41, 5.74) is 2.97. The normalized spacial score (nSPS) is 10.7. The van der Waals surface area contributed by atoms with Crippen LogP contribution in [0.5, 0.6) is 0 Å². The number of aromatic nitrogens is 2. The molecule has 6 heteroatoms. The molecule has 0 fully saturated rings. The Hall–Kier alpha value is -1.98. The maximum absolute atomic E-state index is 12.0. The maximum atomic E-state index is 12.0. The summed E-state index contributed by atoms with van der Waals surface area (Å²) in [7, 11) is 0. The van der Waals surface area contributed by atoms with Crippen molar-refractivity contribution in [1.82, 2.24) is 9.97 Å². The van der Waals surface area contributed by atoms with Crippen molar-refractivity contribution in [1.29, 1.82) is 0 Å². The summed E-state index contributed by atoms with van der Waals surface area (Å²) in [6, 6.07) is 9.47. The molecule has 0 saturated heterocycles. The van der Waals surface area contributed by atoms with E-state index in [1.807, 2.05) is 31.2 Å². The van der Waals surface area contributed by atoms with E-state index in [1.165, 1.54) is 6.20 Å². The highest BCUT2D eigenvalue weighted by Gasteiger charge is 2.11. The molecule has 23 heavy (non-hydrogen) atoms. The molecule has 0 spiro atoms. The molecule has 0 saturated carbocycles. The first kappa shape index (κ1) is 15.9. The van der Waals surface area contributed by atoms with Crippen molar-refractivity contribution < 1.29 is 9.53 Å². The van der Waals surface area contributed by atoms with Crippen LogP contribution in [0.1, 0.15) is 21.5 Å². The molecular weight excluding hydrogens is 380 g/mol. The minimum atomic E-state index is -0.459. The standard InChI is InChI=1S/C17H12BrClN2O2/c1-10-2-3-11-5-13(16(19)21-15(11)4-10)9-23-17(22)12-6-14(18)8-20-7-12/h2-8H,9H2,1H3. The summed E-state index contributed by atoms with van der Waals surface area (Å²) in [5, 5.41) is 1.29. The third-order valence-corrected chi connectivity index (χ3v) is 4.06. The van der Waals surface area contributed by atoms with Gasteiger partial charge in [0.1, 0.15) is 11.8 Å². The lowest BCUT2D eigenvalue weighted by Gasteiger charge is -2.08. The number of carbonyl (C=O) groups excluding carboxylic acids is 1. The van der Waals surface area contributed by atoms with Gasteiger partial charge in [-0.2, -0.15) is 0 Å². The number of fused-ring (bicyclic) bond motifs is 1. The third kappa shape index (κ3) is 3.68. The predicted molar refractivity (Wildman–Crippen MR) is 92.5 cm³/mol. The first-order chi connectivity index (χ1) is 11.0. The molecule has 2 heterocycles. The molecule has 0 aliphatic rings. The van der Waals surface area contributed by atoms with E-state index < -0.39 is 5.97 Å². The zero-order chi connectivity index (χ0) is 16.4. The van der Waals surface area contributed by atoms with Crippen molar-refractivity contribution in [3.05, 3.63) is 69.0 Å². The second-order valence-corrected chi connectivity index (χ2v) is 6.38. The number of carbonyl (C=O) groups is 1. The monoisotopic (exact) mass is 390 g/mol. The number of pyridine rings is 2. The van der Waals surface area contributed by atoms with Crippen molar-refractivity contribution in [3.63, 3.8) is 0 Å². The molecule has 0 radical (unpaired) electrons. The van der Waals surface area contributed by atoms with Crippen LogP contribution in [0.2, 0.25) is 5.15 Å². The predicted octanol–water partition coefficient (Wildman–Crippen LogP) is 4.71. The lowest BCUT2D eigenvalue weighted by Crippen LogP contribution is -2.06. The van der Waals surface area contributed by atoms with Crippen molar-refractivity contribution >= 4 is 44.4 Å². The quantitative estimate of drug-likeness (QED) is 0.479. The Morgan fingerprint density at radius 3 is 2.87 bits per heavy atom. The Kier molecular flexibility index (Phi) is 4.59. The average molecular weight is 392 g/mol. The van der Waals surface area contributed by atoms with Crippen LogP contribution in [-0.4, -0.2) is 15.9 Å². The molecule has 0 N–H and O–H groups in total. The first-order valence-corrected chi connectivity index (χ1v) is 8.03. The Morgan fingerprint density at radius 2 is 2.09 bits per heavy atom. The number of benzene rings is 1. The molecule has 2 aromatic heterocycles. The van der Waals surface area contributed by atoms with Crippen molar-refractivity contribution in [2.24, 2.45) is 0 Å². The molecule has 3 aromatic rings. The highest BCUT2D eigenvalue weighted by Crippen LogP contribution is 2.22. The van der Waals surface area contributed by atoms with Gasteiger partial charge in [0.25, 0.3) is 0 Å². The van der Waals surface area contributed by atoms with E-state index in [-0.39, 0.29) is 6.61 Å². The van der Waals surface area contributed by atoms with Crippen LogP contribution < -0.4 is 0 Å². The van der Waals surface area contributed by atoms with E-state index >= 15 is 0 Å². The second kappa shape index (κ2) is 6.64. The van der Waals surface area contributed by atoms with Gasteiger partial charge in [0.05, 0.1) is 11.1 Å². The Labute approximate surface area is 146 Å². The number of hydrogen-bond donors (Lipinski definition) is 0. The summed E-state index contributed by atoms with van der Waals surface area (Å²) in [6.45, 7) is 2.05. The fourth-order valence-electron chi connectivity index (χ4n) is 2.15. The van der Waals surface area contributed by atoms with Crippen LogP contribution in [0.25, 0.3) is 10.9 Å². The van der Waals surface area contributed by atoms with Gasteiger partial charge in [-0.3, -0.25) is 4.98 Å². The van der Waals surface area contributed by atoms with Crippen molar-refractivity contribution in [2.75, 3.05) is 0 Å². The topological polar surface area (TPSA) is 52.1 Å². The SMILES string of the molecule is Cc1ccc2cc(COC(=O)c3cncc(Br)c3)c(Cl)nc2c1. The molecule has 0 amide bonds. The summed E-state index contributed by atoms with van der Waals surface area (Å²) in [6.07, 6.45) is 3.05. The van der Waals surface area contributed by atoms with Gasteiger partial charge in [-0.25, -0.2) is 9.78 Å². The number of hydrogen-bond acceptors (Lipinski definition) is 4. The zero-order valence-corrected chi connectivity index (χ0v) is 14.6. The molecule has 4 nitrogen and oxygen atoms in total. The number of esters is 1. The smallest absolute Gasteiger partial charge is 0.340 e.